The van der Waals surface area contributed by atoms with Crippen LogP contribution < -0.4 is 18.9 Å². The SMILES string of the molecule is C=CCOC12Oc3ccc(Oc4cccc([N+](=O)[O-])c4)cc3C3C(CCCCO)C(CCCCO)C=C(C(=NOC)CC1N(Cc1ccc4c(c1)OCO4)C(=O)OC)C32. The second-order valence-electron chi connectivity index (χ2n) is 15.1. The maximum atomic E-state index is 14.1. The Labute approximate surface area is 342 Å². The van der Waals surface area contributed by atoms with Crippen molar-refractivity contribution in [1.29, 1.82) is 0 Å². The molecule has 2 N–H and O–H groups in total. The van der Waals surface area contributed by atoms with Crippen LogP contribution in [-0.2, 0) is 20.9 Å². The average Bonchev–Trinajstić information content (AvgIpc) is 3.72. The van der Waals surface area contributed by atoms with Gasteiger partial charge in [0.2, 0.25) is 12.6 Å². The van der Waals surface area contributed by atoms with Gasteiger partial charge in [-0.15, -0.1) is 6.58 Å². The number of hydrogen-bond acceptors (Lipinski definition) is 13. The summed E-state index contributed by atoms with van der Waals surface area (Å²) < 4.78 is 37.2. The standard InChI is InChI=1S/C44H51N3O12/c1-4-20-57-44-40(46(43(50)53-2)26-28-14-16-38-39(21-28)56-27-55-38)25-36(45-54-3)34-22-29(10-5-7-18-48)33(13-6-8-19-49)41(42(34)44)35-24-32(15-17-37(35)59-44)58-31-12-9-11-30(23-31)47(51)52/h4,9,11-12,14-17,21-24,29,33,40-42,48-49H,1,5-8,10,13,18-20,25-27H2,2-3H3. The molecule has 1 amide bonds. The minimum absolute atomic E-state index is 0.0184. The summed E-state index contributed by atoms with van der Waals surface area (Å²) >= 11 is 0. The molecule has 15 nitrogen and oxygen atoms in total. The predicted octanol–water partition coefficient (Wildman–Crippen LogP) is 7.65. The molecule has 4 aliphatic rings. The molecule has 3 aromatic carbocycles. The van der Waals surface area contributed by atoms with Crippen molar-refractivity contribution in [3.8, 4) is 28.7 Å². The lowest BCUT2D eigenvalue weighted by molar-refractivity contribution is -0.384. The highest BCUT2D eigenvalue weighted by atomic mass is 16.7. The molecule has 1 saturated carbocycles. The normalized spacial score (nSPS) is 24.2. The van der Waals surface area contributed by atoms with Crippen LogP contribution in [0.15, 0.2) is 90.1 Å². The van der Waals surface area contributed by atoms with E-state index in [1.807, 2.05) is 30.3 Å². The number of fused-ring (bicyclic) bond motifs is 3. The van der Waals surface area contributed by atoms with Gasteiger partial charge in [-0.05, 0) is 85.1 Å². The van der Waals surface area contributed by atoms with Crippen LogP contribution in [0.4, 0.5) is 10.5 Å². The van der Waals surface area contributed by atoms with Gasteiger partial charge in [-0.25, -0.2) is 4.79 Å². The number of nitro groups is 1. The number of carbonyl (C=O) groups excluding carboxylic acids is 1. The second kappa shape index (κ2) is 18.5. The zero-order valence-electron chi connectivity index (χ0n) is 33.3. The summed E-state index contributed by atoms with van der Waals surface area (Å²) in [6.07, 6.45) is 7.75. The minimum atomic E-state index is -1.51. The number of hydrogen-bond donors (Lipinski definition) is 2. The molecule has 6 unspecified atom stereocenters. The first-order chi connectivity index (χ1) is 28.7. The van der Waals surface area contributed by atoms with Crippen LogP contribution in [0.5, 0.6) is 28.7 Å². The fourth-order valence-electron chi connectivity index (χ4n) is 9.27. The van der Waals surface area contributed by atoms with E-state index in [1.165, 1.54) is 26.4 Å². The third-order valence-electron chi connectivity index (χ3n) is 11.7. The minimum Gasteiger partial charge on any atom is -0.459 e. The number of rotatable bonds is 18. The van der Waals surface area contributed by atoms with E-state index < -0.39 is 28.8 Å². The first-order valence-corrected chi connectivity index (χ1v) is 20.0. The lowest BCUT2D eigenvalue weighted by atomic mass is 9.55. The molecular formula is C44H51N3O12. The van der Waals surface area contributed by atoms with Crippen LogP contribution >= 0.6 is 0 Å². The molecule has 2 heterocycles. The number of benzene rings is 3. The number of allylic oxidation sites excluding steroid dienone is 1. The van der Waals surface area contributed by atoms with Crippen molar-refractivity contribution in [2.75, 3.05) is 40.8 Å². The van der Waals surface area contributed by atoms with Crippen LogP contribution in [0.25, 0.3) is 0 Å². The van der Waals surface area contributed by atoms with Crippen LogP contribution in [0, 0.1) is 27.9 Å². The molecule has 15 heteroatoms. The fourth-order valence-corrected chi connectivity index (χ4v) is 9.27. The Morgan fingerprint density at radius 2 is 1.76 bits per heavy atom. The quantitative estimate of drug-likeness (QED) is 0.0555. The van der Waals surface area contributed by atoms with Crippen molar-refractivity contribution in [1.82, 2.24) is 4.90 Å². The summed E-state index contributed by atoms with van der Waals surface area (Å²) in [4.78, 5) is 32.4. The second-order valence-corrected chi connectivity index (χ2v) is 15.1. The summed E-state index contributed by atoms with van der Waals surface area (Å²) in [5.74, 6) is 0.0509. The summed E-state index contributed by atoms with van der Waals surface area (Å²) in [6.45, 7) is 4.38. The molecule has 6 atom stereocenters. The number of carbonyl (C=O) groups is 1. The molecule has 0 saturated heterocycles. The molecule has 7 rings (SSSR count). The Bertz CT molecular complexity index is 2070. The molecular weight excluding hydrogens is 762 g/mol. The number of non-ortho nitro benzene ring substituents is 1. The van der Waals surface area contributed by atoms with Gasteiger partial charge in [0.25, 0.3) is 5.69 Å². The van der Waals surface area contributed by atoms with Crippen molar-refractivity contribution in [3.63, 3.8) is 0 Å². The highest BCUT2D eigenvalue weighted by Gasteiger charge is 2.65. The number of methoxy groups -OCH3 is 1. The monoisotopic (exact) mass is 813 g/mol. The molecule has 2 aliphatic carbocycles. The zero-order valence-corrected chi connectivity index (χ0v) is 33.3. The smallest absolute Gasteiger partial charge is 0.410 e. The van der Waals surface area contributed by atoms with Gasteiger partial charge in [0.15, 0.2) is 11.5 Å². The topological polar surface area (TPSA) is 181 Å². The van der Waals surface area contributed by atoms with Crippen molar-refractivity contribution in [2.24, 2.45) is 22.9 Å². The molecule has 3 aromatic rings. The maximum absolute atomic E-state index is 14.1. The molecule has 0 bridgehead atoms. The summed E-state index contributed by atoms with van der Waals surface area (Å²) in [5.41, 5.74) is 2.99. The molecule has 0 aromatic heterocycles. The molecule has 0 radical (unpaired) electrons. The number of aliphatic hydroxyl groups is 2. The van der Waals surface area contributed by atoms with Gasteiger partial charge in [-0.1, -0.05) is 42.3 Å². The van der Waals surface area contributed by atoms with E-state index >= 15 is 0 Å². The van der Waals surface area contributed by atoms with Gasteiger partial charge in [-0.2, -0.15) is 0 Å². The maximum Gasteiger partial charge on any atom is 0.410 e. The van der Waals surface area contributed by atoms with Gasteiger partial charge in [0.1, 0.15) is 30.4 Å². The van der Waals surface area contributed by atoms with Crippen LogP contribution in [0.2, 0.25) is 0 Å². The highest BCUT2D eigenvalue weighted by molar-refractivity contribution is 6.03. The Hall–Kier alpha value is -5.64. The highest BCUT2D eigenvalue weighted by Crippen LogP contribution is 2.62. The van der Waals surface area contributed by atoms with Crippen molar-refractivity contribution in [2.45, 2.75) is 69.2 Å². The van der Waals surface area contributed by atoms with E-state index in [-0.39, 0.29) is 63.0 Å². The molecule has 59 heavy (non-hydrogen) atoms. The molecule has 314 valence electrons. The number of ether oxygens (including phenoxy) is 6. The van der Waals surface area contributed by atoms with Gasteiger partial charge < -0.3 is 43.5 Å². The number of nitrogens with zero attached hydrogens (tertiary/aromatic N) is 3. The number of amides is 1. The van der Waals surface area contributed by atoms with E-state index in [4.69, 9.17) is 33.3 Å². The van der Waals surface area contributed by atoms with Gasteiger partial charge >= 0.3 is 6.09 Å². The Morgan fingerprint density at radius 3 is 2.51 bits per heavy atom. The van der Waals surface area contributed by atoms with Gasteiger partial charge in [0, 0.05) is 43.7 Å². The number of unbranched alkanes of at least 4 members (excludes halogenated alkanes) is 2. The number of nitro benzene ring substituents is 1. The van der Waals surface area contributed by atoms with Gasteiger partial charge in [-0.3, -0.25) is 15.0 Å². The fraction of sp³-hybridized carbons (Fsp3) is 0.455. The van der Waals surface area contributed by atoms with E-state index in [2.05, 4.69) is 17.8 Å². The van der Waals surface area contributed by atoms with Crippen molar-refractivity contribution in [3.05, 3.63) is 106 Å². The average molecular weight is 814 g/mol. The molecule has 1 fully saturated rings. The van der Waals surface area contributed by atoms with E-state index in [1.54, 1.807) is 29.2 Å². The number of oxime groups is 1. The predicted molar refractivity (Wildman–Crippen MR) is 216 cm³/mol. The summed E-state index contributed by atoms with van der Waals surface area (Å²) in [5, 5.41) is 35.9. The van der Waals surface area contributed by atoms with E-state index in [0.717, 1.165) is 42.4 Å². The summed E-state index contributed by atoms with van der Waals surface area (Å²) in [6, 6.07) is 16.2. The third-order valence-corrected chi connectivity index (χ3v) is 11.7. The van der Waals surface area contributed by atoms with Crippen LogP contribution in [0.1, 0.15) is 62.0 Å². The Balaban J connectivity index is 1.42. The molecule has 2 aliphatic heterocycles. The van der Waals surface area contributed by atoms with Crippen LogP contribution in [-0.4, -0.2) is 84.5 Å². The summed E-state index contributed by atoms with van der Waals surface area (Å²) in [7, 11) is 2.83. The van der Waals surface area contributed by atoms with Crippen molar-refractivity contribution >= 4 is 17.5 Å². The Kier molecular flexibility index (Phi) is 13.0. The van der Waals surface area contributed by atoms with E-state index in [9.17, 15) is 25.1 Å². The molecule has 0 spiro atoms. The Morgan fingerprint density at radius 1 is 1.00 bits per heavy atom. The zero-order chi connectivity index (χ0) is 41.5. The lowest BCUT2D eigenvalue weighted by Crippen LogP contribution is -2.70. The van der Waals surface area contributed by atoms with E-state index in [0.29, 0.717) is 47.3 Å². The first kappa shape index (κ1) is 41.5. The largest absolute Gasteiger partial charge is 0.459 e. The van der Waals surface area contributed by atoms with Gasteiger partial charge in [0.05, 0.1) is 36.3 Å². The van der Waals surface area contributed by atoms with Crippen LogP contribution in [0.3, 0.4) is 0 Å². The third kappa shape index (κ3) is 8.45. The van der Waals surface area contributed by atoms with Crippen molar-refractivity contribution < 1.29 is 53.2 Å². The lowest BCUT2D eigenvalue weighted by Gasteiger charge is -2.59. The number of aliphatic hydroxyl groups excluding tert-OH is 2. The first-order valence-electron chi connectivity index (χ1n) is 20.0.